The van der Waals surface area contributed by atoms with Crippen LogP contribution in [0.3, 0.4) is 0 Å². The number of fused-ring (bicyclic) bond motifs is 4. The zero-order valence-corrected chi connectivity index (χ0v) is 19.7. The van der Waals surface area contributed by atoms with Gasteiger partial charge in [0.1, 0.15) is 0 Å². The smallest absolute Gasteiger partial charge is 0.339 e. The molecule has 32 heavy (non-hydrogen) atoms. The first kappa shape index (κ1) is 21.4. The normalized spacial score (nSPS) is 28.4. The van der Waals surface area contributed by atoms with Gasteiger partial charge in [-0.1, -0.05) is 45.9 Å². The lowest BCUT2D eigenvalue weighted by Gasteiger charge is -2.39. The number of carbonyl (C=O) groups excluding carboxylic acids is 2. The molecule has 1 aromatic heterocycles. The number of esters is 1. The number of likely N-dealkylation sites (tertiary alicyclic amines) is 1. The summed E-state index contributed by atoms with van der Waals surface area (Å²) >= 11 is 0. The van der Waals surface area contributed by atoms with Gasteiger partial charge in [0.15, 0.2) is 6.61 Å². The number of hydrogen-bond donors (Lipinski definition) is 0. The minimum Gasteiger partial charge on any atom is -0.452 e. The summed E-state index contributed by atoms with van der Waals surface area (Å²) < 4.78 is 5.69. The molecule has 2 bridgehead atoms. The number of aromatic nitrogens is 1. The lowest BCUT2D eigenvalue weighted by Crippen LogP contribution is -2.40. The molecule has 0 radical (unpaired) electrons. The standard InChI is InChI=1S/C27H34N2O3/c1-17-9-10-22-20(11-17)24(19-7-5-6-8-21(19)28-22)25(31)32-14-23(30)29-16-27(4)13-18(29)12-26(2,3)15-27/h5-8,17-18H,9-16H2,1-4H3. The van der Waals surface area contributed by atoms with Crippen LogP contribution in [0.4, 0.5) is 0 Å². The topological polar surface area (TPSA) is 59.5 Å². The summed E-state index contributed by atoms with van der Waals surface area (Å²) in [5, 5.41) is 0.823. The lowest BCUT2D eigenvalue weighted by molar-refractivity contribution is -0.135. The molecule has 3 unspecified atom stereocenters. The second-order valence-electron chi connectivity index (χ2n) is 11.6. The number of benzene rings is 1. The van der Waals surface area contributed by atoms with Gasteiger partial charge < -0.3 is 9.64 Å². The van der Waals surface area contributed by atoms with Gasteiger partial charge in [0, 0.05) is 23.7 Å². The summed E-state index contributed by atoms with van der Waals surface area (Å²) in [7, 11) is 0. The molecule has 5 heteroatoms. The fourth-order valence-corrected chi connectivity index (χ4v) is 6.83. The Morgan fingerprint density at radius 2 is 1.97 bits per heavy atom. The molecular formula is C27H34N2O3. The first-order valence-corrected chi connectivity index (χ1v) is 12.0. The van der Waals surface area contributed by atoms with E-state index in [4.69, 9.17) is 9.72 Å². The molecule has 1 saturated heterocycles. The molecule has 1 saturated carbocycles. The molecule has 2 heterocycles. The van der Waals surface area contributed by atoms with Crippen LogP contribution in [0.1, 0.15) is 75.0 Å². The Hall–Kier alpha value is -2.43. The predicted molar refractivity (Wildman–Crippen MR) is 124 cm³/mol. The summed E-state index contributed by atoms with van der Waals surface area (Å²) in [6.45, 7) is 9.67. The fraction of sp³-hybridized carbons (Fsp3) is 0.593. The van der Waals surface area contributed by atoms with Crippen molar-refractivity contribution >= 4 is 22.8 Å². The van der Waals surface area contributed by atoms with E-state index in [-0.39, 0.29) is 29.4 Å². The number of ether oxygens (including phenoxy) is 1. The van der Waals surface area contributed by atoms with Crippen molar-refractivity contribution in [1.29, 1.82) is 0 Å². The van der Waals surface area contributed by atoms with Gasteiger partial charge in [-0.15, -0.1) is 0 Å². The van der Waals surface area contributed by atoms with Crippen molar-refractivity contribution in [2.24, 2.45) is 16.7 Å². The van der Waals surface area contributed by atoms with Crippen molar-refractivity contribution in [2.45, 2.75) is 72.3 Å². The zero-order chi connectivity index (χ0) is 22.7. The molecule has 2 aromatic rings. The van der Waals surface area contributed by atoms with Crippen molar-refractivity contribution < 1.29 is 14.3 Å². The van der Waals surface area contributed by atoms with Gasteiger partial charge in [-0.05, 0) is 66.9 Å². The van der Waals surface area contributed by atoms with Crippen LogP contribution in [0, 0.1) is 16.7 Å². The second kappa shape index (κ2) is 7.57. The molecule has 2 fully saturated rings. The van der Waals surface area contributed by atoms with E-state index in [1.807, 2.05) is 29.2 Å². The maximum absolute atomic E-state index is 13.3. The van der Waals surface area contributed by atoms with Gasteiger partial charge in [-0.2, -0.15) is 0 Å². The SMILES string of the molecule is CC1CCc2nc3ccccc3c(C(=O)OCC(=O)N3CC4(C)CC3CC(C)(C)C4)c2C1. The first-order valence-electron chi connectivity index (χ1n) is 12.0. The molecule has 1 aliphatic heterocycles. The van der Waals surface area contributed by atoms with E-state index in [1.54, 1.807) is 0 Å². The molecule has 3 atom stereocenters. The van der Waals surface area contributed by atoms with Crippen LogP contribution in [0.5, 0.6) is 0 Å². The average Bonchev–Trinajstić information content (AvgIpc) is 2.98. The Kier molecular flexibility index (Phi) is 5.06. The second-order valence-corrected chi connectivity index (χ2v) is 11.6. The highest BCUT2D eigenvalue weighted by molar-refractivity contribution is 6.05. The monoisotopic (exact) mass is 434 g/mol. The van der Waals surface area contributed by atoms with Crippen LogP contribution < -0.4 is 0 Å². The minimum atomic E-state index is -0.393. The Labute approximate surface area is 190 Å². The van der Waals surface area contributed by atoms with Crippen molar-refractivity contribution in [3.8, 4) is 0 Å². The molecule has 1 aromatic carbocycles. The maximum Gasteiger partial charge on any atom is 0.339 e. The highest BCUT2D eigenvalue weighted by Crippen LogP contribution is 2.52. The third-order valence-corrected chi connectivity index (χ3v) is 7.77. The molecule has 0 spiro atoms. The van der Waals surface area contributed by atoms with E-state index in [9.17, 15) is 9.59 Å². The van der Waals surface area contributed by atoms with Gasteiger partial charge in [0.2, 0.25) is 0 Å². The summed E-state index contributed by atoms with van der Waals surface area (Å²) in [6.07, 6.45) is 5.99. The molecule has 170 valence electrons. The van der Waals surface area contributed by atoms with Gasteiger partial charge in [-0.25, -0.2) is 4.79 Å². The minimum absolute atomic E-state index is 0.0645. The van der Waals surface area contributed by atoms with Crippen LogP contribution in [0.15, 0.2) is 24.3 Å². The van der Waals surface area contributed by atoms with Crippen LogP contribution in [0.25, 0.3) is 10.9 Å². The van der Waals surface area contributed by atoms with E-state index >= 15 is 0 Å². The van der Waals surface area contributed by atoms with Crippen LogP contribution in [-0.4, -0.2) is 41.0 Å². The Bertz CT molecular complexity index is 1090. The number of rotatable bonds is 3. The summed E-state index contributed by atoms with van der Waals surface area (Å²) in [6, 6.07) is 8.01. The summed E-state index contributed by atoms with van der Waals surface area (Å²) in [5.41, 5.74) is 3.85. The van der Waals surface area contributed by atoms with E-state index in [0.29, 0.717) is 11.5 Å². The number of amides is 1. The van der Waals surface area contributed by atoms with Crippen molar-refractivity contribution in [1.82, 2.24) is 9.88 Å². The number of carbonyl (C=O) groups is 2. The third kappa shape index (κ3) is 3.80. The van der Waals surface area contributed by atoms with Crippen LogP contribution in [0.2, 0.25) is 0 Å². The number of nitrogens with zero attached hydrogens (tertiary/aromatic N) is 2. The zero-order valence-electron chi connectivity index (χ0n) is 19.7. The molecular weight excluding hydrogens is 400 g/mol. The fourth-order valence-electron chi connectivity index (χ4n) is 6.83. The number of aryl methyl sites for hydroxylation is 1. The number of hydrogen-bond acceptors (Lipinski definition) is 4. The van der Waals surface area contributed by atoms with Gasteiger partial charge in [0.05, 0.1) is 11.1 Å². The Morgan fingerprint density at radius 1 is 1.19 bits per heavy atom. The Morgan fingerprint density at radius 3 is 2.78 bits per heavy atom. The molecule has 0 N–H and O–H groups in total. The van der Waals surface area contributed by atoms with E-state index in [0.717, 1.165) is 67.2 Å². The maximum atomic E-state index is 13.3. The summed E-state index contributed by atoms with van der Waals surface area (Å²) in [5.74, 6) is 0.0491. The van der Waals surface area contributed by atoms with Gasteiger partial charge in [-0.3, -0.25) is 9.78 Å². The summed E-state index contributed by atoms with van der Waals surface area (Å²) in [4.78, 5) is 33.2. The highest BCUT2D eigenvalue weighted by Gasteiger charge is 2.51. The number of pyridine rings is 1. The molecule has 1 amide bonds. The van der Waals surface area contributed by atoms with Gasteiger partial charge in [0.25, 0.3) is 5.91 Å². The van der Waals surface area contributed by atoms with E-state index in [1.165, 1.54) is 0 Å². The number of para-hydroxylation sites is 1. The van der Waals surface area contributed by atoms with Crippen molar-refractivity contribution in [3.63, 3.8) is 0 Å². The van der Waals surface area contributed by atoms with E-state index in [2.05, 4.69) is 27.7 Å². The molecule has 5 rings (SSSR count). The van der Waals surface area contributed by atoms with Crippen molar-refractivity contribution in [3.05, 3.63) is 41.1 Å². The average molecular weight is 435 g/mol. The first-order chi connectivity index (χ1) is 15.1. The highest BCUT2D eigenvalue weighted by atomic mass is 16.5. The lowest BCUT2D eigenvalue weighted by atomic mass is 9.65. The van der Waals surface area contributed by atoms with Crippen molar-refractivity contribution in [2.75, 3.05) is 13.2 Å². The van der Waals surface area contributed by atoms with E-state index < -0.39 is 5.97 Å². The third-order valence-electron chi connectivity index (χ3n) is 7.77. The van der Waals surface area contributed by atoms with Crippen LogP contribution in [-0.2, 0) is 22.4 Å². The predicted octanol–water partition coefficient (Wildman–Crippen LogP) is 4.94. The largest absolute Gasteiger partial charge is 0.452 e. The Balaban J connectivity index is 1.37. The van der Waals surface area contributed by atoms with Crippen LogP contribution >= 0.6 is 0 Å². The van der Waals surface area contributed by atoms with Gasteiger partial charge >= 0.3 is 5.97 Å². The quantitative estimate of drug-likeness (QED) is 0.642. The molecule has 3 aliphatic rings. The molecule has 5 nitrogen and oxygen atoms in total. The molecule has 2 aliphatic carbocycles.